The first-order valence-electron chi connectivity index (χ1n) is 5.63. The van der Waals surface area contributed by atoms with Crippen molar-refractivity contribution in [2.75, 3.05) is 33.4 Å². The van der Waals surface area contributed by atoms with Gasteiger partial charge in [0.25, 0.3) is 0 Å². The minimum Gasteiger partial charge on any atom is -0.469 e. The van der Waals surface area contributed by atoms with Crippen molar-refractivity contribution in [1.29, 1.82) is 0 Å². The summed E-state index contributed by atoms with van der Waals surface area (Å²) >= 11 is 0. The van der Waals surface area contributed by atoms with E-state index in [1.165, 1.54) is 7.11 Å². The Morgan fingerprint density at radius 2 is 1.94 bits per heavy atom. The monoisotopic (exact) mass is 229 g/mol. The molecule has 0 aromatic rings. The average Bonchev–Trinajstić information content (AvgIpc) is 2.29. The highest BCUT2D eigenvalue weighted by molar-refractivity contribution is 5.73. The Bertz CT molecular complexity index is 246. The molecule has 1 rings (SSSR count). The quantitative estimate of drug-likeness (QED) is 0.654. The van der Waals surface area contributed by atoms with Crippen molar-refractivity contribution in [2.24, 2.45) is 5.92 Å². The zero-order chi connectivity index (χ0) is 12.0. The van der Waals surface area contributed by atoms with Crippen LogP contribution in [-0.4, -0.2) is 50.2 Å². The number of hydrogen-bond acceptors (Lipinski definition) is 5. The summed E-state index contributed by atoms with van der Waals surface area (Å²) in [5.74, 6) is -0.349. The number of ether oxygens (including phenoxy) is 2. The minimum atomic E-state index is -0.195. The molecule has 1 saturated heterocycles. The first-order valence-corrected chi connectivity index (χ1v) is 5.63. The van der Waals surface area contributed by atoms with Crippen molar-refractivity contribution >= 4 is 11.9 Å². The van der Waals surface area contributed by atoms with E-state index < -0.39 is 0 Å². The molecule has 5 nitrogen and oxygen atoms in total. The van der Waals surface area contributed by atoms with Gasteiger partial charge in [0.1, 0.15) is 0 Å². The molecule has 0 unspecified atom stereocenters. The lowest BCUT2D eigenvalue weighted by Gasteiger charge is -2.29. The van der Waals surface area contributed by atoms with Crippen LogP contribution >= 0.6 is 0 Å². The van der Waals surface area contributed by atoms with Crippen molar-refractivity contribution in [3.8, 4) is 0 Å². The zero-order valence-electron chi connectivity index (χ0n) is 9.90. The molecule has 0 N–H and O–H groups in total. The molecule has 0 atom stereocenters. The molecule has 0 spiro atoms. The van der Waals surface area contributed by atoms with Crippen LogP contribution < -0.4 is 0 Å². The molecule has 1 aliphatic rings. The molecule has 16 heavy (non-hydrogen) atoms. The number of nitrogens with zero attached hydrogens (tertiary/aromatic N) is 1. The summed E-state index contributed by atoms with van der Waals surface area (Å²) in [5, 5.41) is 0. The van der Waals surface area contributed by atoms with Gasteiger partial charge in [-0.15, -0.1) is 0 Å². The fourth-order valence-corrected chi connectivity index (χ4v) is 1.88. The lowest BCUT2D eigenvalue weighted by Crippen LogP contribution is -2.40. The second kappa shape index (κ2) is 6.48. The van der Waals surface area contributed by atoms with E-state index in [1.54, 1.807) is 6.92 Å². The third kappa shape index (κ3) is 3.81. The van der Waals surface area contributed by atoms with Gasteiger partial charge in [-0.05, 0) is 32.9 Å². The molecule has 1 heterocycles. The predicted molar refractivity (Wildman–Crippen MR) is 57.8 cm³/mol. The van der Waals surface area contributed by atoms with E-state index in [4.69, 9.17) is 9.47 Å². The van der Waals surface area contributed by atoms with Crippen LogP contribution in [0.1, 0.15) is 19.8 Å². The van der Waals surface area contributed by atoms with Crippen LogP contribution in [0.3, 0.4) is 0 Å². The van der Waals surface area contributed by atoms with Gasteiger partial charge in [-0.3, -0.25) is 14.5 Å². The number of rotatable bonds is 4. The third-order valence-corrected chi connectivity index (χ3v) is 2.78. The number of piperidine rings is 1. The SMILES string of the molecule is CCOC(=O)CN1CCC(C(=O)OC)CC1. The van der Waals surface area contributed by atoms with E-state index in [0.717, 1.165) is 25.9 Å². The first-order chi connectivity index (χ1) is 7.67. The lowest BCUT2D eigenvalue weighted by atomic mass is 9.97. The van der Waals surface area contributed by atoms with Crippen molar-refractivity contribution in [2.45, 2.75) is 19.8 Å². The van der Waals surface area contributed by atoms with Crippen molar-refractivity contribution in [3.63, 3.8) is 0 Å². The number of likely N-dealkylation sites (tertiary alicyclic amines) is 1. The molecule has 0 amide bonds. The van der Waals surface area contributed by atoms with Gasteiger partial charge in [0.2, 0.25) is 0 Å². The van der Waals surface area contributed by atoms with Crippen LogP contribution in [0.4, 0.5) is 0 Å². The van der Waals surface area contributed by atoms with Gasteiger partial charge in [0.05, 0.1) is 26.2 Å². The highest BCUT2D eigenvalue weighted by Gasteiger charge is 2.26. The van der Waals surface area contributed by atoms with Gasteiger partial charge in [-0.1, -0.05) is 0 Å². The molecule has 0 bridgehead atoms. The number of esters is 2. The molecule has 92 valence electrons. The van der Waals surface area contributed by atoms with Gasteiger partial charge in [0, 0.05) is 0 Å². The summed E-state index contributed by atoms with van der Waals surface area (Å²) in [4.78, 5) is 24.5. The molecular formula is C11H19NO4. The fraction of sp³-hybridized carbons (Fsp3) is 0.818. The number of hydrogen-bond donors (Lipinski definition) is 0. The Hall–Kier alpha value is -1.10. The summed E-state index contributed by atoms with van der Waals surface area (Å²) < 4.78 is 9.56. The predicted octanol–water partition coefficient (Wildman–Crippen LogP) is 0.435. The van der Waals surface area contributed by atoms with Gasteiger partial charge in [0.15, 0.2) is 0 Å². The molecular weight excluding hydrogens is 210 g/mol. The molecule has 5 heteroatoms. The molecule has 0 aromatic heterocycles. The third-order valence-electron chi connectivity index (χ3n) is 2.78. The summed E-state index contributed by atoms with van der Waals surface area (Å²) in [5.41, 5.74) is 0. The smallest absolute Gasteiger partial charge is 0.320 e. The van der Waals surface area contributed by atoms with Gasteiger partial charge >= 0.3 is 11.9 Å². The Kier molecular flexibility index (Phi) is 5.25. The summed E-state index contributed by atoms with van der Waals surface area (Å²) in [6.07, 6.45) is 1.51. The van der Waals surface area contributed by atoms with E-state index >= 15 is 0 Å². The van der Waals surface area contributed by atoms with Gasteiger partial charge < -0.3 is 9.47 Å². The fourth-order valence-electron chi connectivity index (χ4n) is 1.88. The first kappa shape index (κ1) is 13.0. The molecule has 0 radical (unpaired) electrons. The molecule has 0 aliphatic carbocycles. The molecule has 1 fully saturated rings. The van der Waals surface area contributed by atoms with E-state index in [0.29, 0.717) is 13.2 Å². The van der Waals surface area contributed by atoms with E-state index in [2.05, 4.69) is 0 Å². The van der Waals surface area contributed by atoms with Gasteiger partial charge in [-0.2, -0.15) is 0 Å². The van der Waals surface area contributed by atoms with Crippen molar-refractivity contribution < 1.29 is 19.1 Å². The van der Waals surface area contributed by atoms with Crippen molar-refractivity contribution in [3.05, 3.63) is 0 Å². The molecule has 1 aliphatic heterocycles. The summed E-state index contributed by atoms with van der Waals surface area (Å²) in [7, 11) is 1.41. The van der Waals surface area contributed by atoms with E-state index in [9.17, 15) is 9.59 Å². The van der Waals surface area contributed by atoms with E-state index in [1.807, 2.05) is 4.90 Å². The summed E-state index contributed by atoms with van der Waals surface area (Å²) in [6, 6.07) is 0. The van der Waals surface area contributed by atoms with Crippen LogP contribution in [0.25, 0.3) is 0 Å². The van der Waals surface area contributed by atoms with Crippen LogP contribution in [0.5, 0.6) is 0 Å². The van der Waals surface area contributed by atoms with E-state index in [-0.39, 0.29) is 17.9 Å². The molecule has 0 saturated carbocycles. The van der Waals surface area contributed by atoms with Crippen LogP contribution in [0.15, 0.2) is 0 Å². The van der Waals surface area contributed by atoms with Crippen LogP contribution in [0, 0.1) is 5.92 Å². The Morgan fingerprint density at radius 1 is 1.31 bits per heavy atom. The average molecular weight is 229 g/mol. The topological polar surface area (TPSA) is 55.8 Å². The second-order valence-electron chi connectivity index (χ2n) is 3.88. The Morgan fingerprint density at radius 3 is 2.44 bits per heavy atom. The number of carbonyl (C=O) groups is 2. The zero-order valence-corrected chi connectivity index (χ0v) is 9.90. The Labute approximate surface area is 95.7 Å². The lowest BCUT2D eigenvalue weighted by molar-refractivity contribution is -0.148. The summed E-state index contributed by atoms with van der Waals surface area (Å²) in [6.45, 7) is 4.03. The van der Waals surface area contributed by atoms with Crippen LogP contribution in [-0.2, 0) is 19.1 Å². The number of methoxy groups -OCH3 is 1. The van der Waals surface area contributed by atoms with Crippen molar-refractivity contribution in [1.82, 2.24) is 4.90 Å². The highest BCUT2D eigenvalue weighted by Crippen LogP contribution is 2.18. The van der Waals surface area contributed by atoms with Gasteiger partial charge in [-0.25, -0.2) is 0 Å². The Balaban J connectivity index is 2.26. The molecule has 0 aromatic carbocycles. The minimum absolute atomic E-state index is 0.0107. The normalized spacial score (nSPS) is 18.1. The maximum absolute atomic E-state index is 11.3. The largest absolute Gasteiger partial charge is 0.469 e. The highest BCUT2D eigenvalue weighted by atomic mass is 16.5. The maximum atomic E-state index is 11.3. The standard InChI is InChI=1S/C11H19NO4/c1-3-16-10(13)8-12-6-4-9(5-7-12)11(14)15-2/h9H,3-8H2,1-2H3. The van der Waals surface area contributed by atoms with Crippen LogP contribution in [0.2, 0.25) is 0 Å². The number of carbonyl (C=O) groups excluding carboxylic acids is 2. The maximum Gasteiger partial charge on any atom is 0.320 e. The second-order valence-corrected chi connectivity index (χ2v) is 3.88.